The van der Waals surface area contributed by atoms with E-state index in [0.717, 1.165) is 7.11 Å². The molecule has 0 unspecified atom stereocenters. The minimum Gasteiger partial charge on any atom is -0.545 e. The van der Waals surface area contributed by atoms with Crippen LogP contribution in [0.5, 0.6) is 11.5 Å². The van der Waals surface area contributed by atoms with Crippen molar-refractivity contribution in [1.82, 2.24) is 0 Å². The van der Waals surface area contributed by atoms with E-state index in [-0.39, 0.29) is 17.1 Å². The van der Waals surface area contributed by atoms with Crippen molar-refractivity contribution in [2.24, 2.45) is 0 Å². The van der Waals surface area contributed by atoms with E-state index in [1.165, 1.54) is 18.2 Å². The normalized spacial score (nSPS) is 10.1. The predicted octanol–water partition coefficient (Wildman–Crippen LogP) is 0.660. The Morgan fingerprint density at radius 2 is 2.13 bits per heavy atom. The molecule has 0 atom stereocenters. The number of methoxy groups -OCH3 is 1. The maximum absolute atomic E-state index is 11.9. The first-order chi connectivity index (χ1) is 7.06. The highest BCUT2D eigenvalue weighted by Crippen LogP contribution is 2.31. The molecular formula is C9H7F2O4-. The van der Waals surface area contributed by atoms with Crippen molar-refractivity contribution in [3.8, 4) is 11.5 Å². The van der Waals surface area contributed by atoms with Crippen LogP contribution in [0.1, 0.15) is 10.4 Å². The number of carbonyl (C=O) groups is 1. The lowest BCUT2D eigenvalue weighted by Gasteiger charge is -2.13. The van der Waals surface area contributed by atoms with E-state index in [1.807, 2.05) is 0 Å². The molecule has 0 amide bonds. The summed E-state index contributed by atoms with van der Waals surface area (Å²) < 4.78 is 32.6. The van der Waals surface area contributed by atoms with Gasteiger partial charge in [-0.3, -0.25) is 0 Å². The van der Waals surface area contributed by atoms with Crippen LogP contribution in [0.15, 0.2) is 18.2 Å². The van der Waals surface area contributed by atoms with Crippen LogP contribution in [0.2, 0.25) is 0 Å². The summed E-state index contributed by atoms with van der Waals surface area (Å²) in [5.74, 6) is -2.14. The number of carbonyl (C=O) groups excluding carboxylic acids is 1. The molecule has 0 radical (unpaired) electrons. The van der Waals surface area contributed by atoms with E-state index in [1.54, 1.807) is 0 Å². The summed E-state index contributed by atoms with van der Waals surface area (Å²) in [6.45, 7) is -3.05. The number of benzene rings is 1. The van der Waals surface area contributed by atoms with Gasteiger partial charge in [-0.2, -0.15) is 8.78 Å². The lowest BCUT2D eigenvalue weighted by molar-refractivity contribution is -0.255. The van der Waals surface area contributed by atoms with Gasteiger partial charge >= 0.3 is 6.61 Å². The fourth-order valence-corrected chi connectivity index (χ4v) is 1.08. The summed E-state index contributed by atoms with van der Waals surface area (Å²) in [6.07, 6.45) is 0. The van der Waals surface area contributed by atoms with Gasteiger partial charge in [0.2, 0.25) is 0 Å². The molecule has 6 heteroatoms. The summed E-state index contributed by atoms with van der Waals surface area (Å²) in [4.78, 5) is 10.6. The van der Waals surface area contributed by atoms with Crippen LogP contribution in [0.4, 0.5) is 8.78 Å². The fraction of sp³-hybridized carbons (Fsp3) is 0.222. The first kappa shape index (κ1) is 11.2. The molecule has 0 saturated carbocycles. The average Bonchev–Trinajstić information content (AvgIpc) is 2.16. The summed E-state index contributed by atoms with van der Waals surface area (Å²) in [5, 5.41) is 10.6. The number of para-hydroxylation sites is 1. The van der Waals surface area contributed by atoms with E-state index < -0.39 is 12.6 Å². The van der Waals surface area contributed by atoms with Gasteiger partial charge in [-0.05, 0) is 12.1 Å². The highest BCUT2D eigenvalue weighted by Gasteiger charge is 2.14. The third-order valence-electron chi connectivity index (χ3n) is 1.62. The smallest absolute Gasteiger partial charge is 0.387 e. The summed E-state index contributed by atoms with van der Waals surface area (Å²) in [6, 6.07) is 3.61. The lowest BCUT2D eigenvalue weighted by Crippen LogP contribution is -2.23. The Kier molecular flexibility index (Phi) is 3.43. The van der Waals surface area contributed by atoms with Crippen molar-refractivity contribution in [3.63, 3.8) is 0 Å². The Morgan fingerprint density at radius 3 is 2.60 bits per heavy atom. The van der Waals surface area contributed by atoms with Gasteiger partial charge in [0.1, 0.15) is 0 Å². The second-order valence-corrected chi connectivity index (χ2v) is 2.50. The molecule has 0 aliphatic rings. The topological polar surface area (TPSA) is 58.6 Å². The third-order valence-corrected chi connectivity index (χ3v) is 1.62. The van der Waals surface area contributed by atoms with E-state index in [0.29, 0.717) is 0 Å². The fourth-order valence-electron chi connectivity index (χ4n) is 1.08. The van der Waals surface area contributed by atoms with E-state index in [4.69, 9.17) is 0 Å². The molecule has 1 aromatic rings. The summed E-state index contributed by atoms with van der Waals surface area (Å²) in [7, 11) is 1.15. The van der Waals surface area contributed by atoms with Gasteiger partial charge in [0.05, 0.1) is 13.1 Å². The predicted molar refractivity (Wildman–Crippen MR) is 44.0 cm³/mol. The van der Waals surface area contributed by atoms with Crippen molar-refractivity contribution in [2.75, 3.05) is 7.11 Å². The van der Waals surface area contributed by atoms with Gasteiger partial charge in [-0.15, -0.1) is 0 Å². The van der Waals surface area contributed by atoms with Gasteiger partial charge in [0.15, 0.2) is 11.5 Å². The zero-order valence-corrected chi connectivity index (χ0v) is 7.70. The molecule has 0 spiro atoms. The number of hydrogen-bond acceptors (Lipinski definition) is 4. The SMILES string of the molecule is COc1c(OC(F)F)cccc1C(=O)[O-]. The first-order valence-electron chi connectivity index (χ1n) is 3.89. The summed E-state index contributed by atoms with van der Waals surface area (Å²) >= 11 is 0. The van der Waals surface area contributed by atoms with Gasteiger partial charge in [-0.1, -0.05) is 6.07 Å². The Labute approximate surface area is 84.0 Å². The molecule has 15 heavy (non-hydrogen) atoms. The molecule has 0 fully saturated rings. The van der Waals surface area contributed by atoms with Gasteiger partial charge < -0.3 is 19.4 Å². The Balaban J connectivity index is 3.16. The van der Waals surface area contributed by atoms with Crippen LogP contribution in [0, 0.1) is 0 Å². The van der Waals surface area contributed by atoms with Crippen molar-refractivity contribution < 1.29 is 28.2 Å². The summed E-state index contributed by atoms with van der Waals surface area (Å²) in [5.41, 5.74) is -0.337. The van der Waals surface area contributed by atoms with Gasteiger partial charge in [0, 0.05) is 5.56 Å². The number of halogens is 2. The molecule has 0 aliphatic heterocycles. The Hall–Kier alpha value is -1.85. The first-order valence-corrected chi connectivity index (χ1v) is 3.89. The second kappa shape index (κ2) is 4.59. The minimum atomic E-state index is -3.05. The lowest BCUT2D eigenvalue weighted by atomic mass is 10.2. The molecule has 0 aliphatic carbocycles. The van der Waals surface area contributed by atoms with Crippen LogP contribution in [0.25, 0.3) is 0 Å². The largest absolute Gasteiger partial charge is 0.545 e. The van der Waals surface area contributed by atoms with Crippen LogP contribution in [0.3, 0.4) is 0 Å². The monoisotopic (exact) mass is 217 g/mol. The number of aromatic carboxylic acids is 1. The second-order valence-electron chi connectivity index (χ2n) is 2.50. The maximum Gasteiger partial charge on any atom is 0.387 e. The van der Waals surface area contributed by atoms with Crippen molar-refractivity contribution in [3.05, 3.63) is 23.8 Å². The highest BCUT2D eigenvalue weighted by atomic mass is 19.3. The highest BCUT2D eigenvalue weighted by molar-refractivity contribution is 5.90. The number of hydrogen-bond donors (Lipinski definition) is 0. The number of rotatable bonds is 4. The molecule has 0 saturated heterocycles. The Bertz CT molecular complexity index is 365. The average molecular weight is 217 g/mol. The quantitative estimate of drug-likeness (QED) is 0.743. The minimum absolute atomic E-state index is 0.280. The van der Waals surface area contributed by atoms with E-state index >= 15 is 0 Å². The zero-order valence-electron chi connectivity index (χ0n) is 7.70. The molecule has 0 N–H and O–H groups in total. The molecular weight excluding hydrogens is 210 g/mol. The van der Waals surface area contributed by atoms with E-state index in [2.05, 4.69) is 9.47 Å². The van der Waals surface area contributed by atoms with Gasteiger partial charge in [0.25, 0.3) is 0 Å². The van der Waals surface area contributed by atoms with Crippen molar-refractivity contribution in [1.29, 1.82) is 0 Å². The number of carboxylic acids is 1. The van der Waals surface area contributed by atoms with Crippen molar-refractivity contribution >= 4 is 5.97 Å². The van der Waals surface area contributed by atoms with Crippen LogP contribution < -0.4 is 14.6 Å². The molecule has 1 aromatic carbocycles. The standard InChI is InChI=1S/C9H8F2O4/c1-14-7-5(8(12)13)3-2-4-6(7)15-9(10)11/h2-4,9H,1H3,(H,12,13)/p-1. The molecule has 0 aromatic heterocycles. The molecule has 1 rings (SSSR count). The number of ether oxygens (including phenoxy) is 2. The van der Waals surface area contributed by atoms with Crippen LogP contribution in [-0.4, -0.2) is 19.7 Å². The third kappa shape index (κ3) is 2.55. The number of carboxylic acid groups (broad SMARTS) is 1. The molecule has 82 valence electrons. The molecule has 0 heterocycles. The molecule has 0 bridgehead atoms. The maximum atomic E-state index is 11.9. The van der Waals surface area contributed by atoms with Crippen molar-refractivity contribution in [2.45, 2.75) is 6.61 Å². The zero-order chi connectivity index (χ0) is 11.4. The van der Waals surface area contributed by atoms with Crippen LogP contribution >= 0.6 is 0 Å². The number of alkyl halides is 2. The van der Waals surface area contributed by atoms with Crippen LogP contribution in [-0.2, 0) is 0 Å². The van der Waals surface area contributed by atoms with E-state index in [9.17, 15) is 18.7 Å². The Morgan fingerprint density at radius 1 is 1.47 bits per heavy atom. The molecule has 4 nitrogen and oxygen atoms in total. The van der Waals surface area contributed by atoms with Gasteiger partial charge in [-0.25, -0.2) is 0 Å².